The lowest BCUT2D eigenvalue weighted by atomic mass is 10.1. The van der Waals surface area contributed by atoms with Crippen LogP contribution in [-0.4, -0.2) is 54.2 Å². The van der Waals surface area contributed by atoms with Crippen LogP contribution in [0.3, 0.4) is 0 Å². The van der Waals surface area contributed by atoms with Crippen molar-refractivity contribution in [3.8, 4) is 0 Å². The third kappa shape index (κ3) is 5.74. The van der Waals surface area contributed by atoms with Gasteiger partial charge in [-0.05, 0) is 55.0 Å². The maximum atomic E-state index is 13.1. The molecule has 0 spiro atoms. The Morgan fingerprint density at radius 2 is 1.86 bits per heavy atom. The van der Waals surface area contributed by atoms with E-state index >= 15 is 0 Å². The minimum absolute atomic E-state index is 0.0190. The zero-order valence-corrected chi connectivity index (χ0v) is 16.8. The molecular weight excluding hydrogens is 397 g/mol. The molecule has 3 rings (SSSR count). The van der Waals surface area contributed by atoms with Gasteiger partial charge in [-0.25, -0.2) is 26.9 Å². The molecule has 0 saturated carbocycles. The van der Waals surface area contributed by atoms with Gasteiger partial charge in [-0.3, -0.25) is 0 Å². The molecule has 2 heterocycles. The Labute approximate surface area is 169 Å². The van der Waals surface area contributed by atoms with E-state index in [1.807, 2.05) is 0 Å². The minimum atomic E-state index is -3.26. The van der Waals surface area contributed by atoms with Crippen molar-refractivity contribution in [2.24, 2.45) is 0 Å². The molecule has 7 nitrogen and oxygen atoms in total. The van der Waals surface area contributed by atoms with Crippen LogP contribution < -0.4 is 5.32 Å². The summed E-state index contributed by atoms with van der Waals surface area (Å²) in [6.07, 6.45) is 4.11. The molecule has 1 aromatic heterocycles. The van der Waals surface area contributed by atoms with Gasteiger partial charge in [0, 0.05) is 25.8 Å². The van der Waals surface area contributed by atoms with Crippen molar-refractivity contribution in [1.29, 1.82) is 0 Å². The van der Waals surface area contributed by atoms with Gasteiger partial charge in [-0.2, -0.15) is 0 Å². The summed E-state index contributed by atoms with van der Waals surface area (Å²) in [5, 5.41) is 12.4. The number of aromatic carboxylic acids is 1. The van der Waals surface area contributed by atoms with E-state index < -0.39 is 16.0 Å². The van der Waals surface area contributed by atoms with E-state index in [1.165, 1.54) is 22.6 Å². The number of nitrogens with one attached hydrogen (secondary N) is 1. The number of benzene rings is 1. The Kier molecular flexibility index (Phi) is 6.81. The highest BCUT2D eigenvalue weighted by Crippen LogP contribution is 2.19. The topological polar surface area (TPSA) is 99.6 Å². The molecular formula is C20H24FN3O4S. The second-order valence-corrected chi connectivity index (χ2v) is 9.14. The van der Waals surface area contributed by atoms with Gasteiger partial charge in [0.25, 0.3) is 0 Å². The lowest BCUT2D eigenvalue weighted by Crippen LogP contribution is -2.30. The van der Waals surface area contributed by atoms with E-state index in [-0.39, 0.29) is 17.3 Å². The molecule has 156 valence electrons. The van der Waals surface area contributed by atoms with Crippen molar-refractivity contribution in [3.05, 3.63) is 59.2 Å². The summed E-state index contributed by atoms with van der Waals surface area (Å²) in [7, 11) is -3.26. The van der Waals surface area contributed by atoms with Crippen LogP contribution in [-0.2, 0) is 16.4 Å². The summed E-state index contributed by atoms with van der Waals surface area (Å²) >= 11 is 0. The first-order valence-electron chi connectivity index (χ1n) is 9.53. The van der Waals surface area contributed by atoms with E-state index in [2.05, 4.69) is 10.3 Å². The van der Waals surface area contributed by atoms with Crippen molar-refractivity contribution in [1.82, 2.24) is 9.29 Å². The van der Waals surface area contributed by atoms with Crippen LogP contribution >= 0.6 is 0 Å². The Morgan fingerprint density at radius 3 is 2.52 bits per heavy atom. The molecule has 2 aromatic rings. The molecule has 1 aromatic carbocycles. The molecule has 0 amide bonds. The molecule has 2 N–H and O–H groups in total. The summed E-state index contributed by atoms with van der Waals surface area (Å²) in [4.78, 5) is 15.5. The van der Waals surface area contributed by atoms with Crippen LogP contribution in [0.15, 0.2) is 36.5 Å². The van der Waals surface area contributed by atoms with Crippen molar-refractivity contribution in [3.63, 3.8) is 0 Å². The van der Waals surface area contributed by atoms with Gasteiger partial charge >= 0.3 is 5.97 Å². The number of rotatable bonds is 9. The number of halogens is 1. The van der Waals surface area contributed by atoms with Crippen LogP contribution in [0.25, 0.3) is 0 Å². The van der Waals surface area contributed by atoms with Gasteiger partial charge in [0.05, 0.1) is 11.4 Å². The van der Waals surface area contributed by atoms with Gasteiger partial charge in [0.2, 0.25) is 10.0 Å². The molecule has 29 heavy (non-hydrogen) atoms. The fourth-order valence-electron chi connectivity index (χ4n) is 3.32. The standard InChI is InChI=1S/C20H24FN3O4S/c21-17-6-4-15(5-7-17)12-16-13-18(19(20(25)26)23-14-16)22-8-3-11-29(27,28)24-9-1-2-10-24/h4-7,13-14,22H,1-3,8-12H2,(H,25,26). The summed E-state index contributed by atoms with van der Waals surface area (Å²) in [5.41, 5.74) is 1.87. The van der Waals surface area contributed by atoms with Crippen molar-refractivity contribution < 1.29 is 22.7 Å². The van der Waals surface area contributed by atoms with E-state index in [0.717, 1.165) is 24.0 Å². The predicted molar refractivity (Wildman–Crippen MR) is 108 cm³/mol. The SMILES string of the molecule is O=C(O)c1ncc(Cc2ccc(F)cc2)cc1NCCCS(=O)(=O)N1CCCC1. The first-order chi connectivity index (χ1) is 13.8. The molecule has 0 radical (unpaired) electrons. The number of carbonyl (C=O) groups is 1. The van der Waals surface area contributed by atoms with Crippen molar-refractivity contribution >= 4 is 21.7 Å². The van der Waals surface area contributed by atoms with Crippen LogP contribution in [0.5, 0.6) is 0 Å². The maximum Gasteiger partial charge on any atom is 0.356 e. The highest BCUT2D eigenvalue weighted by atomic mass is 32.2. The number of nitrogens with zero attached hydrogens (tertiary/aromatic N) is 2. The molecule has 0 unspecified atom stereocenters. The van der Waals surface area contributed by atoms with E-state index in [1.54, 1.807) is 18.2 Å². The van der Waals surface area contributed by atoms with Crippen LogP contribution in [0, 0.1) is 5.82 Å². The number of anilines is 1. The average Bonchev–Trinajstić information content (AvgIpc) is 3.23. The first kappa shape index (κ1) is 21.2. The average molecular weight is 421 g/mol. The molecule has 1 saturated heterocycles. The highest BCUT2D eigenvalue weighted by molar-refractivity contribution is 7.89. The normalized spacial score (nSPS) is 14.8. The van der Waals surface area contributed by atoms with Crippen LogP contribution in [0.2, 0.25) is 0 Å². The summed E-state index contributed by atoms with van der Waals surface area (Å²) in [5.74, 6) is -1.46. The highest BCUT2D eigenvalue weighted by Gasteiger charge is 2.24. The summed E-state index contributed by atoms with van der Waals surface area (Å²) in [6.45, 7) is 1.47. The molecule has 0 aliphatic carbocycles. The van der Waals surface area contributed by atoms with Gasteiger partial charge in [0.15, 0.2) is 5.69 Å². The maximum absolute atomic E-state index is 13.1. The second kappa shape index (κ2) is 9.32. The van der Waals surface area contributed by atoms with Crippen molar-refractivity contribution in [2.45, 2.75) is 25.7 Å². The van der Waals surface area contributed by atoms with Crippen LogP contribution in [0.4, 0.5) is 10.1 Å². The third-order valence-corrected chi connectivity index (χ3v) is 6.78. The molecule has 1 fully saturated rings. The minimum Gasteiger partial charge on any atom is -0.476 e. The smallest absolute Gasteiger partial charge is 0.356 e. The number of carboxylic acids is 1. The molecule has 0 bridgehead atoms. The summed E-state index contributed by atoms with van der Waals surface area (Å²) in [6, 6.07) is 7.75. The van der Waals surface area contributed by atoms with Gasteiger partial charge in [-0.15, -0.1) is 0 Å². The Hall–Kier alpha value is -2.52. The molecule has 1 aliphatic rings. The Morgan fingerprint density at radius 1 is 1.17 bits per heavy atom. The monoisotopic (exact) mass is 421 g/mol. The quantitative estimate of drug-likeness (QED) is 0.604. The van der Waals surface area contributed by atoms with E-state index in [9.17, 15) is 22.7 Å². The number of pyridine rings is 1. The number of sulfonamides is 1. The molecule has 0 atom stereocenters. The lowest BCUT2D eigenvalue weighted by Gasteiger charge is -2.16. The number of aromatic nitrogens is 1. The molecule has 9 heteroatoms. The first-order valence-corrected chi connectivity index (χ1v) is 11.1. The molecule has 1 aliphatic heterocycles. The predicted octanol–water partition coefficient (Wildman–Crippen LogP) is 2.74. The van der Waals surface area contributed by atoms with E-state index in [0.29, 0.717) is 38.2 Å². The Bertz CT molecular complexity index is 958. The second-order valence-electron chi connectivity index (χ2n) is 7.05. The van der Waals surface area contributed by atoms with Crippen LogP contribution in [0.1, 0.15) is 40.9 Å². The number of carboxylic acid groups (broad SMARTS) is 1. The van der Waals surface area contributed by atoms with Crippen molar-refractivity contribution in [2.75, 3.05) is 30.7 Å². The van der Waals surface area contributed by atoms with Gasteiger partial charge < -0.3 is 10.4 Å². The third-order valence-electron chi connectivity index (χ3n) is 4.82. The number of hydrogen-bond donors (Lipinski definition) is 2. The lowest BCUT2D eigenvalue weighted by molar-refractivity contribution is 0.0691. The Balaban J connectivity index is 1.63. The number of hydrogen-bond acceptors (Lipinski definition) is 5. The van der Waals surface area contributed by atoms with Gasteiger partial charge in [-0.1, -0.05) is 12.1 Å². The fourth-order valence-corrected chi connectivity index (χ4v) is 4.90. The zero-order chi connectivity index (χ0) is 20.9. The van der Waals surface area contributed by atoms with Gasteiger partial charge in [0.1, 0.15) is 5.82 Å². The fraction of sp³-hybridized carbons (Fsp3) is 0.400. The summed E-state index contributed by atoms with van der Waals surface area (Å²) < 4.78 is 39.1. The zero-order valence-electron chi connectivity index (χ0n) is 16.0. The largest absolute Gasteiger partial charge is 0.476 e. The van der Waals surface area contributed by atoms with E-state index in [4.69, 9.17) is 0 Å².